The van der Waals surface area contributed by atoms with E-state index < -0.39 is 12.0 Å². The van der Waals surface area contributed by atoms with Crippen molar-refractivity contribution in [3.8, 4) is 0 Å². The molecule has 82 valence electrons. The van der Waals surface area contributed by atoms with Crippen molar-refractivity contribution in [2.24, 2.45) is 0 Å². The van der Waals surface area contributed by atoms with Crippen molar-refractivity contribution in [3.63, 3.8) is 0 Å². The molecule has 15 heavy (non-hydrogen) atoms. The van der Waals surface area contributed by atoms with Crippen molar-refractivity contribution >= 4 is 5.97 Å². The second kappa shape index (κ2) is 4.45. The zero-order valence-corrected chi connectivity index (χ0v) is 9.32. The minimum Gasteiger partial charge on any atom is -0.480 e. The van der Waals surface area contributed by atoms with E-state index in [0.717, 1.165) is 5.56 Å². The Bertz CT molecular complexity index is 333. The lowest BCUT2D eigenvalue weighted by Crippen LogP contribution is -2.46. The minimum absolute atomic E-state index is 0.334. The fraction of sp³-hybridized carbons (Fsp3) is 0.417. The average Bonchev–Trinajstić information content (AvgIpc) is 2.18. The number of nitrogens with one attached hydrogen (secondary N) is 1. The number of benzene rings is 1. The summed E-state index contributed by atoms with van der Waals surface area (Å²) >= 11 is 0. The van der Waals surface area contributed by atoms with Gasteiger partial charge in [0.15, 0.2) is 0 Å². The van der Waals surface area contributed by atoms with Gasteiger partial charge in [-0.2, -0.15) is 0 Å². The summed E-state index contributed by atoms with van der Waals surface area (Å²) in [5.74, 6) is -0.834. The van der Waals surface area contributed by atoms with E-state index >= 15 is 0 Å². The molecule has 0 saturated carbocycles. The highest BCUT2D eigenvalue weighted by atomic mass is 16.4. The summed E-state index contributed by atoms with van der Waals surface area (Å²) in [6.07, 6.45) is 0. The Balaban J connectivity index is 2.80. The van der Waals surface area contributed by atoms with Gasteiger partial charge >= 0.3 is 5.97 Å². The van der Waals surface area contributed by atoms with Gasteiger partial charge in [0.1, 0.15) is 6.04 Å². The number of hydrogen-bond acceptors (Lipinski definition) is 2. The SMILES string of the molecule is C[C@H](NC(C)(C)c1ccccc1)C(=O)O. The number of carboxylic acid groups (broad SMARTS) is 1. The molecule has 0 aliphatic rings. The highest BCUT2D eigenvalue weighted by Crippen LogP contribution is 2.19. The maximum absolute atomic E-state index is 10.7. The summed E-state index contributed by atoms with van der Waals surface area (Å²) in [5.41, 5.74) is 0.747. The molecule has 1 aromatic carbocycles. The molecule has 3 heteroatoms. The molecular formula is C12H17NO2. The Morgan fingerprint density at radius 1 is 1.33 bits per heavy atom. The number of carboxylic acids is 1. The van der Waals surface area contributed by atoms with E-state index in [1.54, 1.807) is 6.92 Å². The standard InChI is InChI=1S/C12H17NO2/c1-9(11(14)15)13-12(2,3)10-7-5-4-6-8-10/h4-9,13H,1-3H3,(H,14,15)/t9-/m0/s1. The van der Waals surface area contributed by atoms with Crippen LogP contribution in [0.15, 0.2) is 30.3 Å². The summed E-state index contributed by atoms with van der Waals surface area (Å²) in [7, 11) is 0. The Hall–Kier alpha value is -1.35. The van der Waals surface area contributed by atoms with Gasteiger partial charge in [-0.25, -0.2) is 0 Å². The van der Waals surface area contributed by atoms with Crippen molar-refractivity contribution in [3.05, 3.63) is 35.9 Å². The average molecular weight is 207 g/mol. The molecule has 1 rings (SSSR count). The molecule has 0 fully saturated rings. The lowest BCUT2D eigenvalue weighted by atomic mass is 9.93. The van der Waals surface area contributed by atoms with Gasteiger partial charge in [0.25, 0.3) is 0 Å². The molecule has 1 aromatic rings. The summed E-state index contributed by atoms with van der Waals surface area (Å²) in [5, 5.41) is 11.9. The minimum atomic E-state index is -0.834. The molecule has 0 unspecified atom stereocenters. The van der Waals surface area contributed by atoms with Gasteiger partial charge in [0.2, 0.25) is 0 Å². The second-order valence-electron chi connectivity index (χ2n) is 4.20. The Labute approximate surface area is 90.1 Å². The lowest BCUT2D eigenvalue weighted by Gasteiger charge is -2.29. The zero-order chi connectivity index (χ0) is 11.5. The first-order valence-corrected chi connectivity index (χ1v) is 4.99. The summed E-state index contributed by atoms with van der Waals surface area (Å²) < 4.78 is 0. The van der Waals surface area contributed by atoms with Crippen molar-refractivity contribution in [2.75, 3.05) is 0 Å². The molecule has 0 amide bonds. The number of carbonyl (C=O) groups is 1. The van der Waals surface area contributed by atoms with Gasteiger partial charge in [-0.1, -0.05) is 30.3 Å². The molecule has 2 N–H and O–H groups in total. The van der Waals surface area contributed by atoms with Crippen LogP contribution in [-0.4, -0.2) is 17.1 Å². The first-order chi connectivity index (χ1) is 6.93. The van der Waals surface area contributed by atoms with Gasteiger partial charge in [-0.3, -0.25) is 10.1 Å². The third-order valence-electron chi connectivity index (χ3n) is 2.44. The van der Waals surface area contributed by atoms with Crippen LogP contribution in [0.5, 0.6) is 0 Å². The van der Waals surface area contributed by atoms with E-state index in [9.17, 15) is 4.79 Å². The maximum Gasteiger partial charge on any atom is 0.320 e. The van der Waals surface area contributed by atoms with Crippen LogP contribution in [-0.2, 0) is 10.3 Å². The van der Waals surface area contributed by atoms with Crippen molar-refractivity contribution in [2.45, 2.75) is 32.4 Å². The molecule has 0 aromatic heterocycles. The van der Waals surface area contributed by atoms with E-state index in [1.165, 1.54) is 0 Å². The van der Waals surface area contributed by atoms with Crippen LogP contribution in [0.3, 0.4) is 0 Å². The predicted octanol–water partition coefficient (Wildman–Crippen LogP) is 1.98. The van der Waals surface area contributed by atoms with E-state index in [-0.39, 0.29) is 5.54 Å². The smallest absolute Gasteiger partial charge is 0.320 e. The topological polar surface area (TPSA) is 49.3 Å². The first kappa shape index (κ1) is 11.7. The molecule has 0 spiro atoms. The van der Waals surface area contributed by atoms with Crippen LogP contribution in [0.4, 0.5) is 0 Å². The third-order valence-corrected chi connectivity index (χ3v) is 2.44. The van der Waals surface area contributed by atoms with Crippen LogP contribution >= 0.6 is 0 Å². The lowest BCUT2D eigenvalue weighted by molar-refractivity contribution is -0.139. The van der Waals surface area contributed by atoms with Crippen molar-refractivity contribution < 1.29 is 9.90 Å². The number of hydrogen-bond donors (Lipinski definition) is 2. The molecule has 0 bridgehead atoms. The van der Waals surface area contributed by atoms with Crippen LogP contribution in [0.2, 0.25) is 0 Å². The maximum atomic E-state index is 10.7. The van der Waals surface area contributed by atoms with E-state index in [4.69, 9.17) is 5.11 Å². The Morgan fingerprint density at radius 3 is 2.33 bits per heavy atom. The highest BCUT2D eigenvalue weighted by molar-refractivity contribution is 5.73. The molecule has 0 aliphatic carbocycles. The van der Waals surface area contributed by atoms with Gasteiger partial charge in [-0.15, -0.1) is 0 Å². The van der Waals surface area contributed by atoms with Crippen molar-refractivity contribution in [1.29, 1.82) is 0 Å². The van der Waals surface area contributed by atoms with Gasteiger partial charge in [0, 0.05) is 5.54 Å². The molecule has 0 radical (unpaired) electrons. The quantitative estimate of drug-likeness (QED) is 0.793. The van der Waals surface area contributed by atoms with E-state index in [1.807, 2.05) is 44.2 Å². The Kier molecular flexibility index (Phi) is 3.48. The molecule has 1 atom stereocenters. The Morgan fingerprint density at radius 2 is 1.87 bits per heavy atom. The fourth-order valence-electron chi connectivity index (χ4n) is 1.54. The number of aliphatic carboxylic acids is 1. The largest absolute Gasteiger partial charge is 0.480 e. The van der Waals surface area contributed by atoms with Crippen molar-refractivity contribution in [1.82, 2.24) is 5.32 Å². The van der Waals surface area contributed by atoms with Crippen LogP contribution in [0.1, 0.15) is 26.3 Å². The van der Waals surface area contributed by atoms with Gasteiger partial charge < -0.3 is 5.11 Å². The molecular weight excluding hydrogens is 190 g/mol. The first-order valence-electron chi connectivity index (χ1n) is 4.99. The van der Waals surface area contributed by atoms with E-state index in [2.05, 4.69) is 5.32 Å². The second-order valence-corrected chi connectivity index (χ2v) is 4.20. The highest BCUT2D eigenvalue weighted by Gasteiger charge is 2.24. The molecule has 3 nitrogen and oxygen atoms in total. The van der Waals surface area contributed by atoms with Crippen LogP contribution in [0, 0.1) is 0 Å². The zero-order valence-electron chi connectivity index (χ0n) is 9.32. The van der Waals surface area contributed by atoms with Gasteiger partial charge in [-0.05, 0) is 26.3 Å². The van der Waals surface area contributed by atoms with Crippen LogP contribution < -0.4 is 5.32 Å². The molecule has 0 saturated heterocycles. The van der Waals surface area contributed by atoms with Gasteiger partial charge in [0.05, 0.1) is 0 Å². The monoisotopic (exact) mass is 207 g/mol. The predicted molar refractivity (Wildman–Crippen MR) is 59.7 cm³/mol. The summed E-state index contributed by atoms with van der Waals surface area (Å²) in [6.45, 7) is 5.59. The summed E-state index contributed by atoms with van der Waals surface area (Å²) in [4.78, 5) is 10.7. The van der Waals surface area contributed by atoms with Crippen LogP contribution in [0.25, 0.3) is 0 Å². The molecule has 0 heterocycles. The normalized spacial score (nSPS) is 13.5. The summed E-state index contributed by atoms with van der Waals surface area (Å²) in [6, 6.07) is 9.26. The molecule has 0 aliphatic heterocycles. The third kappa shape index (κ3) is 3.06. The number of rotatable bonds is 4. The fourth-order valence-corrected chi connectivity index (χ4v) is 1.54. The van der Waals surface area contributed by atoms with E-state index in [0.29, 0.717) is 0 Å².